The lowest BCUT2D eigenvalue weighted by Crippen LogP contribution is -2.17. The van der Waals surface area contributed by atoms with E-state index in [4.69, 9.17) is 15.3 Å². The topological polar surface area (TPSA) is 93.5 Å². The quantitative estimate of drug-likeness (QED) is 0.726. The first-order valence-corrected chi connectivity index (χ1v) is 4.16. The maximum Gasteiger partial charge on any atom is 0.345 e. The smallest absolute Gasteiger partial charge is 0.345 e. The standard InChI is InChI=1S/C10H7NO4/c11-9-7(10(13)14)8(12)5-3-1-2-4-6(5)15-9/h1-4H,11H2,(H,13,14). The Morgan fingerprint density at radius 1 is 1.33 bits per heavy atom. The van der Waals surface area contributed by atoms with E-state index in [9.17, 15) is 9.59 Å². The summed E-state index contributed by atoms with van der Waals surface area (Å²) in [6, 6.07) is 6.35. The minimum atomic E-state index is -1.38. The molecule has 0 saturated carbocycles. The molecule has 2 aromatic rings. The number of carboxylic acids is 1. The van der Waals surface area contributed by atoms with Gasteiger partial charge in [0.1, 0.15) is 5.58 Å². The maximum atomic E-state index is 11.7. The fourth-order valence-electron chi connectivity index (χ4n) is 1.36. The number of carboxylic acid groups (broad SMARTS) is 1. The first-order valence-electron chi connectivity index (χ1n) is 4.16. The van der Waals surface area contributed by atoms with Crippen molar-refractivity contribution in [3.63, 3.8) is 0 Å². The van der Waals surface area contributed by atoms with Crippen LogP contribution < -0.4 is 11.2 Å². The summed E-state index contributed by atoms with van der Waals surface area (Å²) in [6.45, 7) is 0. The van der Waals surface area contributed by atoms with Crippen LogP contribution in [0.15, 0.2) is 33.5 Å². The molecule has 0 radical (unpaired) electrons. The van der Waals surface area contributed by atoms with Crippen LogP contribution in [0, 0.1) is 0 Å². The molecule has 5 heteroatoms. The van der Waals surface area contributed by atoms with Crippen LogP contribution in [-0.4, -0.2) is 11.1 Å². The predicted octanol–water partition coefficient (Wildman–Crippen LogP) is 1.07. The average Bonchev–Trinajstić information content (AvgIpc) is 2.17. The number of rotatable bonds is 1. The van der Waals surface area contributed by atoms with Crippen molar-refractivity contribution in [1.29, 1.82) is 0 Å². The van der Waals surface area contributed by atoms with E-state index < -0.39 is 17.0 Å². The Kier molecular flexibility index (Phi) is 1.93. The number of para-hydroxylation sites is 1. The van der Waals surface area contributed by atoms with E-state index in [0.717, 1.165) is 0 Å². The first-order chi connectivity index (χ1) is 7.11. The summed E-state index contributed by atoms with van der Waals surface area (Å²) in [7, 11) is 0. The highest BCUT2D eigenvalue weighted by molar-refractivity contribution is 5.96. The van der Waals surface area contributed by atoms with Crippen LogP contribution in [-0.2, 0) is 0 Å². The molecule has 0 aliphatic rings. The van der Waals surface area contributed by atoms with Gasteiger partial charge in [0.2, 0.25) is 11.3 Å². The second-order valence-electron chi connectivity index (χ2n) is 2.97. The molecule has 1 heterocycles. The minimum absolute atomic E-state index is 0.212. The summed E-state index contributed by atoms with van der Waals surface area (Å²) >= 11 is 0. The summed E-state index contributed by atoms with van der Waals surface area (Å²) in [5, 5.41) is 8.98. The number of nitrogen functional groups attached to an aromatic ring is 1. The van der Waals surface area contributed by atoms with Crippen LogP contribution in [0.25, 0.3) is 11.0 Å². The Balaban J connectivity index is 2.97. The van der Waals surface area contributed by atoms with Gasteiger partial charge in [-0.2, -0.15) is 0 Å². The fraction of sp³-hybridized carbons (Fsp3) is 0. The number of fused-ring (bicyclic) bond motifs is 1. The predicted molar refractivity (Wildman–Crippen MR) is 53.9 cm³/mol. The lowest BCUT2D eigenvalue weighted by Gasteiger charge is -2.01. The first kappa shape index (κ1) is 9.26. The largest absolute Gasteiger partial charge is 0.477 e. The fourth-order valence-corrected chi connectivity index (χ4v) is 1.36. The van der Waals surface area contributed by atoms with Gasteiger partial charge in [-0.15, -0.1) is 0 Å². The zero-order chi connectivity index (χ0) is 11.0. The third-order valence-corrected chi connectivity index (χ3v) is 2.04. The normalized spacial score (nSPS) is 10.4. The monoisotopic (exact) mass is 205 g/mol. The van der Waals surface area contributed by atoms with Crippen LogP contribution in [0.5, 0.6) is 0 Å². The number of carbonyl (C=O) groups is 1. The highest BCUT2D eigenvalue weighted by Crippen LogP contribution is 2.16. The lowest BCUT2D eigenvalue weighted by molar-refractivity contribution is 0.0695. The Hall–Kier alpha value is -2.30. The summed E-state index contributed by atoms with van der Waals surface area (Å²) in [5.41, 5.74) is 4.48. The molecule has 0 aliphatic heterocycles. The van der Waals surface area contributed by atoms with Gasteiger partial charge < -0.3 is 15.3 Å². The van der Waals surface area contributed by atoms with Gasteiger partial charge in [0.15, 0.2) is 5.56 Å². The van der Waals surface area contributed by atoms with Crippen molar-refractivity contribution < 1.29 is 14.3 Å². The Bertz CT molecular complexity index is 600. The Labute approximate surface area is 83.7 Å². The van der Waals surface area contributed by atoms with Gasteiger partial charge in [-0.25, -0.2) is 4.79 Å². The van der Waals surface area contributed by atoms with Crippen LogP contribution in [0.1, 0.15) is 10.4 Å². The van der Waals surface area contributed by atoms with Crippen LogP contribution in [0.2, 0.25) is 0 Å². The molecule has 0 atom stereocenters. The molecule has 1 aromatic carbocycles. The van der Waals surface area contributed by atoms with Gasteiger partial charge >= 0.3 is 5.97 Å². The molecule has 15 heavy (non-hydrogen) atoms. The van der Waals surface area contributed by atoms with Gasteiger partial charge in [0.05, 0.1) is 5.39 Å². The second kappa shape index (κ2) is 3.13. The lowest BCUT2D eigenvalue weighted by atomic mass is 10.1. The van der Waals surface area contributed by atoms with E-state index in [0.29, 0.717) is 0 Å². The van der Waals surface area contributed by atoms with Crippen LogP contribution in [0.3, 0.4) is 0 Å². The molecule has 0 bridgehead atoms. The number of hydrogen-bond donors (Lipinski definition) is 2. The second-order valence-corrected chi connectivity index (χ2v) is 2.97. The third-order valence-electron chi connectivity index (χ3n) is 2.04. The summed E-state index contributed by atoms with van der Waals surface area (Å²) in [4.78, 5) is 22.4. The minimum Gasteiger partial charge on any atom is -0.477 e. The number of nitrogens with two attached hydrogens (primary N) is 1. The molecule has 0 spiro atoms. The molecule has 0 aliphatic carbocycles. The SMILES string of the molecule is Nc1oc2ccccc2c(=O)c1C(=O)O. The van der Waals surface area contributed by atoms with Crippen molar-refractivity contribution in [2.75, 3.05) is 5.73 Å². The van der Waals surface area contributed by atoms with Crippen molar-refractivity contribution >= 4 is 22.8 Å². The molecule has 2 rings (SSSR count). The Morgan fingerprint density at radius 2 is 2.00 bits per heavy atom. The van der Waals surface area contributed by atoms with Crippen LogP contribution >= 0.6 is 0 Å². The van der Waals surface area contributed by atoms with Crippen molar-refractivity contribution in [2.24, 2.45) is 0 Å². The maximum absolute atomic E-state index is 11.7. The zero-order valence-electron chi connectivity index (χ0n) is 7.56. The van der Waals surface area contributed by atoms with Gasteiger partial charge in [-0.1, -0.05) is 12.1 Å². The third kappa shape index (κ3) is 1.34. The molecule has 0 unspecified atom stereocenters. The van der Waals surface area contributed by atoms with Gasteiger partial charge in [0, 0.05) is 0 Å². The highest BCUT2D eigenvalue weighted by Gasteiger charge is 2.17. The Morgan fingerprint density at radius 3 is 2.67 bits per heavy atom. The average molecular weight is 205 g/mol. The van der Waals surface area contributed by atoms with E-state index in [-0.39, 0.29) is 16.9 Å². The number of hydrogen-bond acceptors (Lipinski definition) is 4. The van der Waals surface area contributed by atoms with Crippen molar-refractivity contribution in [3.05, 3.63) is 40.1 Å². The van der Waals surface area contributed by atoms with Crippen LogP contribution in [0.4, 0.5) is 5.88 Å². The van der Waals surface area contributed by atoms with Crippen molar-refractivity contribution in [1.82, 2.24) is 0 Å². The molecule has 0 saturated heterocycles. The summed E-state index contributed by atoms with van der Waals surface area (Å²) in [5.74, 6) is -1.75. The molecule has 3 N–H and O–H groups in total. The van der Waals surface area contributed by atoms with Gasteiger partial charge in [-0.3, -0.25) is 4.79 Å². The van der Waals surface area contributed by atoms with Gasteiger partial charge in [-0.05, 0) is 12.1 Å². The zero-order valence-corrected chi connectivity index (χ0v) is 7.56. The summed E-state index contributed by atoms with van der Waals surface area (Å²) < 4.78 is 5.03. The van der Waals surface area contributed by atoms with E-state index in [2.05, 4.69) is 0 Å². The molecule has 76 valence electrons. The molecule has 0 fully saturated rings. The summed E-state index contributed by atoms with van der Waals surface area (Å²) in [6.07, 6.45) is 0. The molecule has 5 nitrogen and oxygen atoms in total. The number of anilines is 1. The molecular weight excluding hydrogens is 198 g/mol. The molecular formula is C10H7NO4. The van der Waals surface area contributed by atoms with E-state index in [1.807, 2.05) is 0 Å². The van der Waals surface area contributed by atoms with E-state index in [1.54, 1.807) is 18.2 Å². The molecule has 0 amide bonds. The molecule has 1 aromatic heterocycles. The van der Waals surface area contributed by atoms with E-state index >= 15 is 0 Å². The number of benzene rings is 1. The number of aromatic carboxylic acids is 1. The highest BCUT2D eigenvalue weighted by atomic mass is 16.4. The van der Waals surface area contributed by atoms with Gasteiger partial charge in [0.25, 0.3) is 0 Å². The van der Waals surface area contributed by atoms with E-state index in [1.165, 1.54) is 6.07 Å². The van der Waals surface area contributed by atoms with Crippen molar-refractivity contribution in [3.8, 4) is 0 Å². The van der Waals surface area contributed by atoms with Crippen molar-refractivity contribution in [2.45, 2.75) is 0 Å².